The summed E-state index contributed by atoms with van der Waals surface area (Å²) in [5, 5.41) is 0. The number of hydrogen-bond donors (Lipinski definition) is 0. The molecule has 1 amide bonds. The van der Waals surface area contributed by atoms with Crippen molar-refractivity contribution in [3.8, 4) is 0 Å². The molecule has 5 nitrogen and oxygen atoms in total. The van der Waals surface area contributed by atoms with Gasteiger partial charge in [-0.15, -0.1) is 0 Å². The lowest BCUT2D eigenvalue weighted by Crippen LogP contribution is -2.59. The van der Waals surface area contributed by atoms with Crippen molar-refractivity contribution in [3.05, 3.63) is 0 Å². The molecule has 0 radical (unpaired) electrons. The van der Waals surface area contributed by atoms with Crippen LogP contribution in [0.25, 0.3) is 0 Å². The predicted molar refractivity (Wildman–Crippen MR) is 111 cm³/mol. The van der Waals surface area contributed by atoms with Crippen LogP contribution in [-0.2, 0) is 9.59 Å². The summed E-state index contributed by atoms with van der Waals surface area (Å²) >= 11 is 0. The van der Waals surface area contributed by atoms with Gasteiger partial charge in [0.1, 0.15) is 5.78 Å². The Bertz CT molecular complexity index is 560. The van der Waals surface area contributed by atoms with Gasteiger partial charge in [-0.05, 0) is 89.8 Å². The van der Waals surface area contributed by atoms with E-state index in [1.807, 2.05) is 0 Å². The van der Waals surface area contributed by atoms with Crippen molar-refractivity contribution < 1.29 is 9.59 Å². The largest absolute Gasteiger partial charge is 0.342 e. The van der Waals surface area contributed by atoms with Crippen LogP contribution in [0.15, 0.2) is 0 Å². The van der Waals surface area contributed by atoms with Crippen LogP contribution in [0.2, 0.25) is 0 Å². The number of rotatable bonds is 4. The Kier molecular flexibility index (Phi) is 6.12. The quantitative estimate of drug-likeness (QED) is 0.741. The van der Waals surface area contributed by atoms with E-state index >= 15 is 0 Å². The van der Waals surface area contributed by atoms with Crippen LogP contribution in [0.3, 0.4) is 0 Å². The van der Waals surface area contributed by atoms with Crippen LogP contribution < -0.4 is 0 Å². The molecule has 0 aromatic carbocycles. The molecular formula is C23H39N3O2. The Hall–Kier alpha value is -0.940. The van der Waals surface area contributed by atoms with Crippen LogP contribution in [-0.4, -0.2) is 79.3 Å². The van der Waals surface area contributed by atoms with Crippen LogP contribution in [0.4, 0.5) is 0 Å². The maximum Gasteiger partial charge on any atom is 0.225 e. The minimum Gasteiger partial charge on any atom is -0.342 e. The molecular weight excluding hydrogens is 350 g/mol. The number of nitrogens with zero attached hydrogens (tertiary/aromatic N) is 3. The van der Waals surface area contributed by atoms with E-state index in [9.17, 15) is 9.59 Å². The fourth-order valence-electron chi connectivity index (χ4n) is 6.33. The predicted octanol–water partition coefficient (Wildman–Crippen LogP) is 2.65. The zero-order valence-electron chi connectivity index (χ0n) is 18.0. The van der Waals surface area contributed by atoms with Crippen molar-refractivity contribution in [2.24, 2.45) is 23.2 Å². The lowest BCUT2D eigenvalue weighted by Gasteiger charge is -2.53. The average Bonchev–Trinajstić information content (AvgIpc) is 2.69. The lowest BCUT2D eigenvalue weighted by molar-refractivity contribution is -0.139. The van der Waals surface area contributed by atoms with Crippen LogP contribution in [0.5, 0.6) is 0 Å². The van der Waals surface area contributed by atoms with Gasteiger partial charge in [-0.3, -0.25) is 9.59 Å². The smallest absolute Gasteiger partial charge is 0.225 e. The van der Waals surface area contributed by atoms with E-state index < -0.39 is 0 Å². The standard InChI is InChI=1S/C23H39N3O2/c1-18(27)20-3-5-21(6-4-20)22(28)26-11-7-19(8-12-26)15-25-13-9-23(10-14-25)16-24(2)17-23/h19-21H,3-17H2,1-2H3. The molecule has 1 spiro atoms. The zero-order valence-corrected chi connectivity index (χ0v) is 18.0. The molecule has 1 saturated carbocycles. The van der Waals surface area contributed by atoms with E-state index in [0.717, 1.165) is 44.7 Å². The monoisotopic (exact) mass is 389 g/mol. The number of carbonyl (C=O) groups is 2. The summed E-state index contributed by atoms with van der Waals surface area (Å²) in [4.78, 5) is 31.7. The normalized spacial score (nSPS) is 32.3. The molecule has 0 unspecified atom stereocenters. The van der Waals surface area contributed by atoms with Crippen LogP contribution >= 0.6 is 0 Å². The fraction of sp³-hybridized carbons (Fsp3) is 0.913. The maximum absolute atomic E-state index is 12.9. The molecule has 0 atom stereocenters. The highest BCUT2D eigenvalue weighted by Gasteiger charge is 2.43. The molecule has 5 heteroatoms. The van der Waals surface area contributed by atoms with Crippen LogP contribution in [0, 0.1) is 23.2 Å². The van der Waals surface area contributed by atoms with Crippen molar-refractivity contribution in [2.75, 3.05) is 52.9 Å². The Morgan fingerprint density at radius 1 is 0.857 bits per heavy atom. The van der Waals surface area contributed by atoms with Crippen molar-refractivity contribution in [2.45, 2.75) is 58.3 Å². The number of hydrogen-bond acceptors (Lipinski definition) is 4. The van der Waals surface area contributed by atoms with Gasteiger partial charge in [-0.25, -0.2) is 0 Å². The van der Waals surface area contributed by atoms with Gasteiger partial charge in [0.2, 0.25) is 5.91 Å². The highest BCUT2D eigenvalue weighted by atomic mass is 16.2. The third-order valence-corrected chi connectivity index (χ3v) is 8.22. The minimum atomic E-state index is 0.172. The number of piperidine rings is 2. The first kappa shape index (κ1) is 20.3. The molecule has 3 saturated heterocycles. The van der Waals surface area contributed by atoms with Gasteiger partial charge in [0.25, 0.3) is 0 Å². The number of likely N-dealkylation sites (tertiary alicyclic amines) is 3. The second-order valence-corrected chi connectivity index (χ2v) is 10.4. The second-order valence-electron chi connectivity index (χ2n) is 10.4. The van der Waals surface area contributed by atoms with E-state index in [2.05, 4.69) is 21.7 Å². The van der Waals surface area contributed by atoms with E-state index in [0.29, 0.717) is 17.1 Å². The minimum absolute atomic E-state index is 0.172. The van der Waals surface area contributed by atoms with Gasteiger partial charge in [0, 0.05) is 44.6 Å². The zero-order chi connectivity index (χ0) is 19.7. The molecule has 0 N–H and O–H groups in total. The Balaban J connectivity index is 1.16. The molecule has 158 valence electrons. The Morgan fingerprint density at radius 2 is 1.43 bits per heavy atom. The van der Waals surface area contributed by atoms with Crippen molar-refractivity contribution in [1.29, 1.82) is 0 Å². The molecule has 0 aromatic heterocycles. The van der Waals surface area contributed by atoms with E-state index in [1.165, 1.54) is 58.4 Å². The second kappa shape index (κ2) is 8.43. The van der Waals surface area contributed by atoms with Gasteiger partial charge in [-0.1, -0.05) is 0 Å². The Labute approximate surface area is 170 Å². The topological polar surface area (TPSA) is 43.9 Å². The molecule has 3 aliphatic heterocycles. The number of amides is 1. The van der Waals surface area contributed by atoms with Crippen molar-refractivity contribution in [3.63, 3.8) is 0 Å². The van der Waals surface area contributed by atoms with Crippen molar-refractivity contribution in [1.82, 2.24) is 14.7 Å². The molecule has 28 heavy (non-hydrogen) atoms. The highest BCUT2D eigenvalue weighted by Crippen LogP contribution is 2.40. The first-order valence-corrected chi connectivity index (χ1v) is 11.6. The van der Waals surface area contributed by atoms with Gasteiger partial charge < -0.3 is 14.7 Å². The lowest BCUT2D eigenvalue weighted by atomic mass is 9.72. The van der Waals surface area contributed by atoms with Crippen LogP contribution in [0.1, 0.15) is 58.3 Å². The van der Waals surface area contributed by atoms with Gasteiger partial charge in [-0.2, -0.15) is 0 Å². The summed E-state index contributed by atoms with van der Waals surface area (Å²) in [7, 11) is 2.24. The maximum atomic E-state index is 12.9. The first-order chi connectivity index (χ1) is 13.4. The van der Waals surface area contributed by atoms with Gasteiger partial charge >= 0.3 is 0 Å². The van der Waals surface area contributed by atoms with E-state index in [4.69, 9.17) is 0 Å². The molecule has 4 aliphatic rings. The molecule has 0 aromatic rings. The summed E-state index contributed by atoms with van der Waals surface area (Å²) < 4.78 is 0. The summed E-state index contributed by atoms with van der Waals surface area (Å²) in [6.07, 6.45) is 8.72. The Morgan fingerprint density at radius 3 is 1.96 bits per heavy atom. The van der Waals surface area contributed by atoms with Gasteiger partial charge in [0.15, 0.2) is 0 Å². The third kappa shape index (κ3) is 4.46. The molecule has 4 fully saturated rings. The average molecular weight is 390 g/mol. The fourth-order valence-corrected chi connectivity index (χ4v) is 6.33. The third-order valence-electron chi connectivity index (χ3n) is 8.22. The van der Waals surface area contributed by atoms with E-state index in [-0.39, 0.29) is 11.8 Å². The highest BCUT2D eigenvalue weighted by molar-refractivity contribution is 5.81. The molecule has 4 rings (SSSR count). The summed E-state index contributed by atoms with van der Waals surface area (Å²) in [6.45, 7) is 9.96. The first-order valence-electron chi connectivity index (χ1n) is 11.6. The summed E-state index contributed by atoms with van der Waals surface area (Å²) in [6, 6.07) is 0. The summed E-state index contributed by atoms with van der Waals surface area (Å²) in [5.74, 6) is 1.81. The van der Waals surface area contributed by atoms with Crippen molar-refractivity contribution >= 4 is 11.7 Å². The molecule has 3 heterocycles. The molecule has 0 bridgehead atoms. The molecule has 1 aliphatic carbocycles. The number of Topliss-reactive ketones (excluding diaryl/α,β-unsaturated/α-hetero) is 1. The number of carbonyl (C=O) groups excluding carboxylic acids is 2. The van der Waals surface area contributed by atoms with Gasteiger partial charge in [0.05, 0.1) is 0 Å². The number of ketones is 1. The SMILES string of the molecule is CC(=O)C1CCC(C(=O)N2CCC(CN3CCC4(CC3)CN(C)C4)CC2)CC1. The van der Waals surface area contributed by atoms with E-state index in [1.54, 1.807) is 6.92 Å². The summed E-state index contributed by atoms with van der Waals surface area (Å²) in [5.41, 5.74) is 0.641.